The predicted octanol–water partition coefficient (Wildman–Crippen LogP) is 1.90. The van der Waals surface area contributed by atoms with Crippen molar-refractivity contribution in [2.24, 2.45) is 5.92 Å². The highest BCUT2D eigenvalue weighted by Gasteiger charge is 2.03. The van der Waals surface area contributed by atoms with Gasteiger partial charge in [-0.05, 0) is 32.1 Å². The zero-order valence-electron chi connectivity index (χ0n) is 9.25. The van der Waals surface area contributed by atoms with E-state index in [2.05, 4.69) is 11.7 Å². The molecule has 0 unspecified atom stereocenters. The lowest BCUT2D eigenvalue weighted by Crippen LogP contribution is -2.02. The summed E-state index contributed by atoms with van der Waals surface area (Å²) in [5, 5.41) is 8.68. The second-order valence-corrected chi connectivity index (χ2v) is 3.57. The molecule has 3 nitrogen and oxygen atoms in total. The molecule has 3 heteroatoms. The topological polar surface area (TPSA) is 46.5 Å². The summed E-state index contributed by atoms with van der Waals surface area (Å²) >= 11 is 0. The molecule has 1 atom stereocenters. The highest BCUT2D eigenvalue weighted by molar-refractivity contribution is 5.87. The molecule has 0 saturated carbocycles. The summed E-state index contributed by atoms with van der Waals surface area (Å²) < 4.78 is 4.57. The molecular weight excluding hydrogens is 180 g/mol. The Morgan fingerprint density at radius 2 is 2.14 bits per heavy atom. The van der Waals surface area contributed by atoms with Crippen LogP contribution in [0.4, 0.5) is 0 Å². The smallest absolute Gasteiger partial charge is 0.333 e. The van der Waals surface area contributed by atoms with Gasteiger partial charge in [-0.25, -0.2) is 4.79 Å². The van der Waals surface area contributed by atoms with Gasteiger partial charge in [0.1, 0.15) is 0 Å². The first kappa shape index (κ1) is 13.2. The summed E-state index contributed by atoms with van der Waals surface area (Å²) in [6.07, 6.45) is 4.57. The Morgan fingerprint density at radius 1 is 1.50 bits per heavy atom. The van der Waals surface area contributed by atoms with E-state index in [0.717, 1.165) is 19.3 Å². The van der Waals surface area contributed by atoms with E-state index in [9.17, 15) is 4.79 Å². The number of carbonyl (C=O) groups excluding carboxylic acids is 1. The summed E-state index contributed by atoms with van der Waals surface area (Å²) in [7, 11) is 1.38. The van der Waals surface area contributed by atoms with Gasteiger partial charge in [0.2, 0.25) is 0 Å². The number of allylic oxidation sites excluding steroid dienone is 1. The summed E-state index contributed by atoms with van der Waals surface area (Å²) in [4.78, 5) is 11.0. The van der Waals surface area contributed by atoms with Crippen LogP contribution in [-0.4, -0.2) is 24.8 Å². The highest BCUT2D eigenvalue weighted by atomic mass is 16.5. The Labute approximate surface area is 85.8 Å². The normalized spacial score (nSPS) is 13.9. The third-order valence-corrected chi connectivity index (χ3v) is 2.24. The third-order valence-electron chi connectivity index (χ3n) is 2.24. The van der Waals surface area contributed by atoms with Gasteiger partial charge in [-0.1, -0.05) is 13.0 Å². The molecule has 0 saturated heterocycles. The molecular formula is C11H20O3. The van der Waals surface area contributed by atoms with E-state index >= 15 is 0 Å². The van der Waals surface area contributed by atoms with Crippen LogP contribution in [0.3, 0.4) is 0 Å². The van der Waals surface area contributed by atoms with Crippen LogP contribution in [0.5, 0.6) is 0 Å². The number of hydrogen-bond acceptors (Lipinski definition) is 3. The minimum Gasteiger partial charge on any atom is -0.466 e. The van der Waals surface area contributed by atoms with E-state index in [4.69, 9.17) is 5.11 Å². The number of esters is 1. The van der Waals surface area contributed by atoms with Gasteiger partial charge in [-0.2, -0.15) is 0 Å². The fourth-order valence-corrected chi connectivity index (χ4v) is 1.19. The van der Waals surface area contributed by atoms with Crippen LogP contribution in [0, 0.1) is 5.92 Å². The van der Waals surface area contributed by atoms with E-state index in [-0.39, 0.29) is 12.6 Å². The lowest BCUT2D eigenvalue weighted by molar-refractivity contribution is -0.136. The Bertz CT molecular complexity index is 197. The Morgan fingerprint density at radius 3 is 2.64 bits per heavy atom. The fraction of sp³-hybridized carbons (Fsp3) is 0.727. The maximum absolute atomic E-state index is 11.0. The molecule has 0 bridgehead atoms. The average Bonchev–Trinajstić information content (AvgIpc) is 2.16. The lowest BCUT2D eigenvalue weighted by Gasteiger charge is -2.07. The summed E-state index contributed by atoms with van der Waals surface area (Å²) in [5.41, 5.74) is 0.656. The molecule has 0 spiro atoms. The summed E-state index contributed by atoms with van der Waals surface area (Å²) in [6, 6.07) is 0. The maximum Gasteiger partial charge on any atom is 0.333 e. The van der Waals surface area contributed by atoms with Gasteiger partial charge in [-0.15, -0.1) is 0 Å². The van der Waals surface area contributed by atoms with E-state index in [1.165, 1.54) is 7.11 Å². The molecule has 0 rings (SSSR count). The number of aliphatic hydroxyl groups excluding tert-OH is 1. The molecule has 14 heavy (non-hydrogen) atoms. The summed E-state index contributed by atoms with van der Waals surface area (Å²) in [6.45, 7) is 4.08. The van der Waals surface area contributed by atoms with Gasteiger partial charge in [0.25, 0.3) is 0 Å². The monoisotopic (exact) mass is 200 g/mol. The van der Waals surface area contributed by atoms with Crippen molar-refractivity contribution in [3.05, 3.63) is 11.6 Å². The molecule has 0 aromatic rings. The van der Waals surface area contributed by atoms with Gasteiger partial charge >= 0.3 is 5.97 Å². The second kappa shape index (κ2) is 7.56. The predicted molar refractivity (Wildman–Crippen MR) is 55.9 cm³/mol. The van der Waals surface area contributed by atoms with Crippen molar-refractivity contribution in [3.63, 3.8) is 0 Å². The zero-order valence-corrected chi connectivity index (χ0v) is 9.25. The number of rotatable bonds is 6. The summed E-state index contributed by atoms with van der Waals surface area (Å²) in [5.74, 6) is 0.238. The van der Waals surface area contributed by atoms with Crippen LogP contribution in [0.25, 0.3) is 0 Å². The van der Waals surface area contributed by atoms with Crippen LogP contribution < -0.4 is 0 Å². The first-order valence-electron chi connectivity index (χ1n) is 4.97. The number of methoxy groups -OCH3 is 1. The minimum absolute atomic E-state index is 0.237. The molecule has 0 aromatic heterocycles. The van der Waals surface area contributed by atoms with Gasteiger partial charge in [0.15, 0.2) is 0 Å². The molecule has 0 fully saturated rings. The fourth-order valence-electron chi connectivity index (χ4n) is 1.19. The van der Waals surface area contributed by atoms with Crippen LogP contribution in [-0.2, 0) is 9.53 Å². The third kappa shape index (κ3) is 5.75. The van der Waals surface area contributed by atoms with E-state index < -0.39 is 0 Å². The molecule has 1 N–H and O–H groups in total. The van der Waals surface area contributed by atoms with Crippen LogP contribution in [0.15, 0.2) is 11.6 Å². The van der Waals surface area contributed by atoms with E-state index in [1.54, 1.807) is 6.92 Å². The standard InChI is InChI=1S/C11H20O3/c1-9(7-8-12)5-4-6-10(2)11(13)14-3/h6,9,12H,4-5,7-8H2,1-3H3/b10-6+/t9-/m1/s1. The second-order valence-electron chi connectivity index (χ2n) is 3.57. The van der Waals surface area contributed by atoms with Crippen molar-refractivity contribution in [1.82, 2.24) is 0 Å². The number of carbonyl (C=O) groups is 1. The van der Waals surface area contributed by atoms with Crippen molar-refractivity contribution in [3.8, 4) is 0 Å². The van der Waals surface area contributed by atoms with Crippen LogP contribution >= 0.6 is 0 Å². The van der Waals surface area contributed by atoms with E-state index in [0.29, 0.717) is 11.5 Å². The number of aliphatic hydroxyl groups is 1. The molecule has 0 radical (unpaired) electrons. The maximum atomic E-state index is 11.0. The molecule has 0 aliphatic rings. The van der Waals surface area contributed by atoms with Gasteiger partial charge < -0.3 is 9.84 Å². The Hall–Kier alpha value is -0.830. The van der Waals surface area contributed by atoms with Crippen LogP contribution in [0.1, 0.15) is 33.1 Å². The van der Waals surface area contributed by atoms with Gasteiger partial charge in [-0.3, -0.25) is 0 Å². The van der Waals surface area contributed by atoms with Gasteiger partial charge in [0, 0.05) is 12.2 Å². The Kier molecular flexibility index (Phi) is 7.11. The first-order valence-corrected chi connectivity index (χ1v) is 4.97. The van der Waals surface area contributed by atoms with E-state index in [1.807, 2.05) is 6.08 Å². The molecule has 0 aliphatic heterocycles. The highest BCUT2D eigenvalue weighted by Crippen LogP contribution is 2.11. The Balaban J connectivity index is 3.75. The van der Waals surface area contributed by atoms with Crippen molar-refractivity contribution < 1.29 is 14.6 Å². The molecule has 0 amide bonds. The average molecular weight is 200 g/mol. The van der Waals surface area contributed by atoms with Crippen molar-refractivity contribution in [2.75, 3.05) is 13.7 Å². The largest absolute Gasteiger partial charge is 0.466 e. The molecule has 0 aromatic carbocycles. The first-order chi connectivity index (χ1) is 6.61. The number of ether oxygens (including phenoxy) is 1. The van der Waals surface area contributed by atoms with Crippen LogP contribution in [0.2, 0.25) is 0 Å². The zero-order chi connectivity index (χ0) is 11.0. The lowest BCUT2D eigenvalue weighted by atomic mass is 10.0. The van der Waals surface area contributed by atoms with Crippen molar-refractivity contribution in [2.45, 2.75) is 33.1 Å². The molecule has 0 aliphatic carbocycles. The quantitative estimate of drug-likeness (QED) is 0.526. The van der Waals surface area contributed by atoms with Crippen molar-refractivity contribution in [1.29, 1.82) is 0 Å². The minimum atomic E-state index is -0.264. The number of hydrogen-bond donors (Lipinski definition) is 1. The van der Waals surface area contributed by atoms with Crippen molar-refractivity contribution >= 4 is 5.97 Å². The van der Waals surface area contributed by atoms with Gasteiger partial charge in [0.05, 0.1) is 7.11 Å². The SMILES string of the molecule is COC(=O)/C(C)=C/CC[C@@H](C)CCO. The molecule has 0 heterocycles. The molecule has 82 valence electrons.